The van der Waals surface area contributed by atoms with E-state index in [4.69, 9.17) is 4.84 Å². The predicted molar refractivity (Wildman–Crippen MR) is 99.1 cm³/mol. The van der Waals surface area contributed by atoms with Crippen LogP contribution in [0, 0.1) is 5.92 Å². The van der Waals surface area contributed by atoms with E-state index in [-0.39, 0.29) is 5.60 Å². The van der Waals surface area contributed by atoms with Crippen molar-refractivity contribution in [2.75, 3.05) is 5.75 Å². The highest BCUT2D eigenvalue weighted by atomic mass is 32.2. The zero-order valence-corrected chi connectivity index (χ0v) is 15.4. The fourth-order valence-corrected chi connectivity index (χ4v) is 6.43. The minimum atomic E-state index is -0.0782. The Balaban J connectivity index is 1.64. The number of hydrogen-bond donors (Lipinski definition) is 1. The third kappa shape index (κ3) is 2.19. The van der Waals surface area contributed by atoms with E-state index in [2.05, 4.69) is 48.2 Å². The molecule has 3 heterocycles. The van der Waals surface area contributed by atoms with Gasteiger partial charge in [-0.25, -0.2) is 0 Å². The average Bonchev–Trinajstić information content (AvgIpc) is 3.10. The summed E-state index contributed by atoms with van der Waals surface area (Å²) in [6.07, 6.45) is 6.64. The summed E-state index contributed by atoms with van der Waals surface area (Å²) in [6, 6.07) is 9.75. The van der Waals surface area contributed by atoms with Gasteiger partial charge in [-0.2, -0.15) is 5.06 Å². The van der Waals surface area contributed by atoms with Crippen LogP contribution in [-0.4, -0.2) is 27.4 Å². The van der Waals surface area contributed by atoms with E-state index in [0.29, 0.717) is 18.0 Å². The first-order valence-electron chi connectivity index (χ1n) is 9.36. The number of aromatic nitrogens is 1. The van der Waals surface area contributed by atoms with Crippen LogP contribution in [0.25, 0.3) is 10.9 Å². The maximum absolute atomic E-state index is 6.62. The van der Waals surface area contributed by atoms with Gasteiger partial charge >= 0.3 is 0 Å². The van der Waals surface area contributed by atoms with Crippen molar-refractivity contribution in [3.63, 3.8) is 0 Å². The maximum atomic E-state index is 6.62. The highest BCUT2D eigenvalue weighted by Gasteiger charge is 2.54. The van der Waals surface area contributed by atoms with Gasteiger partial charge in [0.25, 0.3) is 0 Å². The molecule has 1 aliphatic carbocycles. The molecule has 128 valence electrons. The van der Waals surface area contributed by atoms with Gasteiger partial charge in [-0.05, 0) is 32.8 Å². The molecule has 2 fully saturated rings. The number of fused-ring (bicyclic) bond motifs is 5. The summed E-state index contributed by atoms with van der Waals surface area (Å²) in [5.74, 6) is 1.69. The number of para-hydroxylation sites is 1. The molecule has 1 aromatic carbocycles. The zero-order valence-electron chi connectivity index (χ0n) is 14.5. The fourth-order valence-electron chi connectivity index (χ4n) is 4.93. The molecule has 24 heavy (non-hydrogen) atoms. The van der Waals surface area contributed by atoms with Crippen molar-refractivity contribution < 1.29 is 4.84 Å². The van der Waals surface area contributed by atoms with Crippen LogP contribution in [0.5, 0.6) is 0 Å². The number of benzene rings is 1. The SMILES string of the molecule is CC1(C)ON(C2CCCCC2)[C@@H]2c3c([nH]c4ccccc34)SC[C@@H]21. The molecular weight excluding hydrogens is 316 g/mol. The average molecular weight is 343 g/mol. The van der Waals surface area contributed by atoms with Gasteiger partial charge in [0.05, 0.1) is 16.7 Å². The van der Waals surface area contributed by atoms with Crippen LogP contribution >= 0.6 is 11.8 Å². The lowest BCUT2D eigenvalue weighted by molar-refractivity contribution is -0.223. The van der Waals surface area contributed by atoms with Crippen LogP contribution < -0.4 is 0 Å². The van der Waals surface area contributed by atoms with Gasteiger partial charge in [0.15, 0.2) is 0 Å². The Morgan fingerprint density at radius 2 is 1.96 bits per heavy atom. The van der Waals surface area contributed by atoms with Gasteiger partial charge in [0.1, 0.15) is 0 Å². The third-order valence-electron chi connectivity index (χ3n) is 6.24. The second kappa shape index (κ2) is 5.52. The maximum Gasteiger partial charge on any atom is 0.0899 e. The first kappa shape index (κ1) is 15.3. The van der Waals surface area contributed by atoms with Crippen molar-refractivity contribution in [2.24, 2.45) is 5.92 Å². The highest BCUT2D eigenvalue weighted by Crippen LogP contribution is 2.56. The predicted octanol–water partition coefficient (Wildman–Crippen LogP) is 5.29. The van der Waals surface area contributed by atoms with E-state index in [1.807, 2.05) is 11.8 Å². The van der Waals surface area contributed by atoms with Crippen LogP contribution in [0.4, 0.5) is 0 Å². The molecule has 2 aromatic rings. The molecule has 1 saturated heterocycles. The summed E-state index contributed by atoms with van der Waals surface area (Å²) in [6.45, 7) is 4.57. The monoisotopic (exact) mass is 342 g/mol. The lowest BCUT2D eigenvalue weighted by atomic mass is 9.82. The minimum absolute atomic E-state index is 0.0782. The van der Waals surface area contributed by atoms with Crippen LogP contribution in [0.15, 0.2) is 29.3 Å². The van der Waals surface area contributed by atoms with Crippen LogP contribution in [0.2, 0.25) is 0 Å². The summed E-state index contributed by atoms with van der Waals surface area (Å²) < 4.78 is 0. The standard InChI is InChI=1S/C20H26N2OS/c1-20(2)15-12-24-19-17(14-10-6-7-11-16(14)21-19)18(15)22(23-20)13-8-4-3-5-9-13/h6-7,10-11,13,15,18,21H,3-5,8-9,12H2,1-2H3/t15-,18-/m0/s1. The lowest BCUT2D eigenvalue weighted by Gasteiger charge is -2.36. The number of thioether (sulfide) groups is 1. The molecule has 5 rings (SSSR count). The summed E-state index contributed by atoms with van der Waals surface area (Å²) in [5.41, 5.74) is 2.68. The van der Waals surface area contributed by atoms with E-state index >= 15 is 0 Å². The molecule has 1 saturated carbocycles. The molecule has 2 atom stereocenters. The first-order chi connectivity index (χ1) is 11.6. The van der Waals surface area contributed by atoms with E-state index in [1.54, 1.807) is 0 Å². The fraction of sp³-hybridized carbons (Fsp3) is 0.600. The molecule has 3 aliphatic rings. The highest BCUT2D eigenvalue weighted by molar-refractivity contribution is 7.99. The van der Waals surface area contributed by atoms with Gasteiger partial charge in [0, 0.05) is 34.2 Å². The quantitative estimate of drug-likeness (QED) is 0.763. The Bertz CT molecular complexity index is 762. The molecular formula is C20H26N2OS. The molecule has 2 aliphatic heterocycles. The van der Waals surface area contributed by atoms with Gasteiger partial charge in [-0.15, -0.1) is 11.8 Å². The Morgan fingerprint density at radius 3 is 2.79 bits per heavy atom. The summed E-state index contributed by atoms with van der Waals surface area (Å²) in [4.78, 5) is 10.3. The van der Waals surface area contributed by atoms with Crippen LogP contribution in [0.3, 0.4) is 0 Å². The Labute approximate surface area is 148 Å². The van der Waals surface area contributed by atoms with E-state index in [1.165, 1.54) is 53.6 Å². The topological polar surface area (TPSA) is 28.3 Å². The minimum Gasteiger partial charge on any atom is -0.349 e. The number of nitrogens with zero attached hydrogens (tertiary/aromatic N) is 1. The summed E-state index contributed by atoms with van der Waals surface area (Å²) in [7, 11) is 0. The smallest absolute Gasteiger partial charge is 0.0899 e. The normalized spacial score (nSPS) is 30.4. The summed E-state index contributed by atoms with van der Waals surface area (Å²) in [5, 5.41) is 5.17. The summed E-state index contributed by atoms with van der Waals surface area (Å²) >= 11 is 1.98. The van der Waals surface area contributed by atoms with Crippen LogP contribution in [0.1, 0.15) is 57.6 Å². The Kier molecular flexibility index (Phi) is 3.52. The van der Waals surface area contributed by atoms with Crippen molar-refractivity contribution in [1.29, 1.82) is 0 Å². The number of H-pyrrole nitrogens is 1. The van der Waals surface area contributed by atoms with Gasteiger partial charge in [-0.3, -0.25) is 4.84 Å². The second-order valence-electron chi connectivity index (χ2n) is 8.12. The number of aromatic amines is 1. The van der Waals surface area contributed by atoms with Gasteiger partial charge in [-0.1, -0.05) is 37.5 Å². The van der Waals surface area contributed by atoms with Crippen molar-refractivity contribution in [3.8, 4) is 0 Å². The molecule has 1 aromatic heterocycles. The first-order valence-corrected chi connectivity index (χ1v) is 10.3. The Hall–Kier alpha value is -0.970. The largest absolute Gasteiger partial charge is 0.349 e. The van der Waals surface area contributed by atoms with Crippen molar-refractivity contribution in [1.82, 2.24) is 10.0 Å². The van der Waals surface area contributed by atoms with Gasteiger partial charge in [0.2, 0.25) is 0 Å². The number of hydroxylamine groups is 2. The molecule has 3 nitrogen and oxygen atoms in total. The van der Waals surface area contributed by atoms with Crippen LogP contribution in [-0.2, 0) is 4.84 Å². The number of nitrogens with one attached hydrogen (secondary N) is 1. The zero-order chi connectivity index (χ0) is 16.3. The molecule has 0 bridgehead atoms. The molecule has 4 heteroatoms. The van der Waals surface area contributed by atoms with E-state index in [0.717, 1.165) is 5.75 Å². The third-order valence-corrected chi connectivity index (χ3v) is 7.37. The van der Waals surface area contributed by atoms with Crippen molar-refractivity contribution in [3.05, 3.63) is 29.8 Å². The molecule has 0 unspecified atom stereocenters. The number of rotatable bonds is 1. The molecule has 0 amide bonds. The van der Waals surface area contributed by atoms with Crippen molar-refractivity contribution in [2.45, 2.75) is 68.7 Å². The Morgan fingerprint density at radius 1 is 1.17 bits per heavy atom. The van der Waals surface area contributed by atoms with Gasteiger partial charge < -0.3 is 4.98 Å². The number of hydrogen-bond acceptors (Lipinski definition) is 3. The van der Waals surface area contributed by atoms with Crippen molar-refractivity contribution >= 4 is 22.7 Å². The molecule has 0 radical (unpaired) electrons. The molecule has 1 N–H and O–H groups in total. The lowest BCUT2D eigenvalue weighted by Crippen LogP contribution is -2.37. The van der Waals surface area contributed by atoms with E-state index < -0.39 is 0 Å². The van der Waals surface area contributed by atoms with E-state index in [9.17, 15) is 0 Å². The second-order valence-corrected chi connectivity index (χ2v) is 9.15. The molecule has 0 spiro atoms.